The predicted molar refractivity (Wildman–Crippen MR) is 72.9 cm³/mol. The fraction of sp³-hybridized carbons (Fsp3) is 0.364. The lowest BCUT2D eigenvalue weighted by Gasteiger charge is -2.11. The van der Waals surface area contributed by atoms with Crippen LogP contribution in [0.4, 0.5) is 0 Å². The normalized spacial score (nSPS) is 19.8. The van der Waals surface area contributed by atoms with E-state index < -0.39 is 0 Å². The van der Waals surface area contributed by atoms with Crippen molar-refractivity contribution in [1.29, 1.82) is 0 Å². The zero-order chi connectivity index (χ0) is 11.5. The Bertz CT molecular complexity index is 405. The summed E-state index contributed by atoms with van der Waals surface area (Å²) in [5, 5.41) is 6.81. The maximum atomic E-state index is 11.9. The monoisotopic (exact) mass is 350 g/mol. The molecule has 0 saturated carbocycles. The molecule has 0 bridgehead atoms. The van der Waals surface area contributed by atoms with E-state index in [0.717, 1.165) is 23.1 Å². The highest BCUT2D eigenvalue weighted by atomic mass is 127. The van der Waals surface area contributed by atoms with E-state index in [4.69, 9.17) is 11.6 Å². The number of rotatable bonds is 2. The zero-order valence-corrected chi connectivity index (χ0v) is 11.5. The molecule has 0 unspecified atom stereocenters. The van der Waals surface area contributed by atoms with Gasteiger partial charge in [0.15, 0.2) is 0 Å². The van der Waals surface area contributed by atoms with Crippen LogP contribution in [0, 0.1) is 3.57 Å². The molecule has 2 N–H and O–H groups in total. The van der Waals surface area contributed by atoms with Crippen LogP contribution < -0.4 is 10.6 Å². The fourth-order valence-electron chi connectivity index (χ4n) is 1.68. The number of carbonyl (C=O) groups is 1. The van der Waals surface area contributed by atoms with Gasteiger partial charge in [-0.1, -0.05) is 11.6 Å². The quantitative estimate of drug-likeness (QED) is 0.802. The molecule has 1 saturated heterocycles. The van der Waals surface area contributed by atoms with Gasteiger partial charge in [-0.05, 0) is 53.8 Å². The van der Waals surface area contributed by atoms with Crippen molar-refractivity contribution in [2.24, 2.45) is 0 Å². The maximum Gasteiger partial charge on any atom is 0.251 e. The largest absolute Gasteiger partial charge is 0.348 e. The molecule has 86 valence electrons. The summed E-state index contributed by atoms with van der Waals surface area (Å²) in [6.45, 7) is 1.82. The summed E-state index contributed by atoms with van der Waals surface area (Å²) in [6, 6.07) is 5.60. The molecule has 16 heavy (non-hydrogen) atoms. The van der Waals surface area contributed by atoms with Crippen LogP contribution in [0.1, 0.15) is 16.8 Å². The summed E-state index contributed by atoms with van der Waals surface area (Å²) in [7, 11) is 0. The Labute approximate surface area is 113 Å². The molecular formula is C11H12ClIN2O. The molecule has 1 aliphatic heterocycles. The Morgan fingerprint density at radius 1 is 1.56 bits per heavy atom. The van der Waals surface area contributed by atoms with Crippen molar-refractivity contribution in [3.63, 3.8) is 0 Å². The van der Waals surface area contributed by atoms with Gasteiger partial charge in [0.05, 0.1) is 5.02 Å². The minimum atomic E-state index is -0.0491. The predicted octanol–water partition coefficient (Wildman–Crippen LogP) is 2.04. The van der Waals surface area contributed by atoms with Crippen LogP contribution in [0.5, 0.6) is 0 Å². The third kappa shape index (κ3) is 2.87. The minimum absolute atomic E-state index is 0.0491. The van der Waals surface area contributed by atoms with Gasteiger partial charge in [0.25, 0.3) is 5.91 Å². The Morgan fingerprint density at radius 2 is 2.38 bits per heavy atom. The number of benzene rings is 1. The SMILES string of the molecule is O=C(N[C@H]1CCNC1)c1ccc(I)c(Cl)c1. The van der Waals surface area contributed by atoms with Gasteiger partial charge in [0, 0.05) is 21.7 Å². The van der Waals surface area contributed by atoms with Crippen LogP contribution in [-0.2, 0) is 0 Å². The molecule has 0 aromatic heterocycles. The summed E-state index contributed by atoms with van der Waals surface area (Å²) in [5.41, 5.74) is 0.623. The molecule has 1 heterocycles. The summed E-state index contributed by atoms with van der Waals surface area (Å²) in [6.07, 6.45) is 0.990. The Hall–Kier alpha value is -0.330. The van der Waals surface area contributed by atoms with Crippen molar-refractivity contribution in [3.8, 4) is 0 Å². The smallest absolute Gasteiger partial charge is 0.251 e. The van der Waals surface area contributed by atoms with Crippen molar-refractivity contribution >= 4 is 40.1 Å². The molecule has 1 aliphatic rings. The molecule has 1 amide bonds. The van der Waals surface area contributed by atoms with Crippen LogP contribution in [0.25, 0.3) is 0 Å². The fourth-order valence-corrected chi connectivity index (χ4v) is 2.20. The first-order valence-electron chi connectivity index (χ1n) is 5.13. The van der Waals surface area contributed by atoms with Crippen LogP contribution in [0.3, 0.4) is 0 Å². The number of halogens is 2. The first kappa shape index (κ1) is 12.1. The standard InChI is InChI=1S/C11H12ClIN2O/c12-9-5-7(1-2-10(9)13)11(16)15-8-3-4-14-6-8/h1-2,5,8,14H,3-4,6H2,(H,15,16)/t8-/m0/s1. The Balaban J connectivity index is 2.05. The van der Waals surface area contributed by atoms with E-state index >= 15 is 0 Å². The zero-order valence-electron chi connectivity index (χ0n) is 8.59. The van der Waals surface area contributed by atoms with Crippen molar-refractivity contribution in [2.45, 2.75) is 12.5 Å². The van der Waals surface area contributed by atoms with E-state index in [1.54, 1.807) is 12.1 Å². The molecular weight excluding hydrogens is 338 g/mol. The van der Waals surface area contributed by atoms with Crippen molar-refractivity contribution in [2.75, 3.05) is 13.1 Å². The second kappa shape index (κ2) is 5.33. The van der Waals surface area contributed by atoms with E-state index in [1.807, 2.05) is 6.07 Å². The third-order valence-corrected chi connectivity index (χ3v) is 4.15. The summed E-state index contributed by atoms with van der Waals surface area (Å²) in [4.78, 5) is 11.9. The Kier molecular flexibility index (Phi) is 4.05. The third-order valence-electron chi connectivity index (χ3n) is 2.58. The molecule has 0 aliphatic carbocycles. The van der Waals surface area contributed by atoms with Gasteiger partial charge >= 0.3 is 0 Å². The molecule has 0 radical (unpaired) electrons. The maximum absolute atomic E-state index is 11.9. The molecule has 2 rings (SSSR count). The molecule has 1 aromatic rings. The van der Waals surface area contributed by atoms with Crippen molar-refractivity contribution in [3.05, 3.63) is 32.4 Å². The summed E-state index contributed by atoms with van der Waals surface area (Å²) < 4.78 is 0.957. The first-order valence-corrected chi connectivity index (χ1v) is 6.59. The summed E-state index contributed by atoms with van der Waals surface area (Å²) in [5.74, 6) is -0.0491. The molecule has 0 spiro atoms. The van der Waals surface area contributed by atoms with Gasteiger partial charge < -0.3 is 10.6 Å². The van der Waals surface area contributed by atoms with Gasteiger partial charge in [-0.15, -0.1) is 0 Å². The second-order valence-electron chi connectivity index (χ2n) is 3.79. The molecule has 1 atom stereocenters. The molecule has 1 aromatic carbocycles. The van der Waals surface area contributed by atoms with Crippen LogP contribution in [-0.4, -0.2) is 25.0 Å². The van der Waals surface area contributed by atoms with Gasteiger partial charge in [0.2, 0.25) is 0 Å². The van der Waals surface area contributed by atoms with Gasteiger partial charge in [-0.25, -0.2) is 0 Å². The highest BCUT2D eigenvalue weighted by Gasteiger charge is 2.17. The van der Waals surface area contributed by atoms with Crippen molar-refractivity contribution < 1.29 is 4.79 Å². The number of hydrogen-bond donors (Lipinski definition) is 2. The topological polar surface area (TPSA) is 41.1 Å². The molecule has 3 nitrogen and oxygen atoms in total. The van der Waals surface area contributed by atoms with Crippen LogP contribution in [0.15, 0.2) is 18.2 Å². The lowest BCUT2D eigenvalue weighted by atomic mass is 10.2. The number of hydrogen-bond acceptors (Lipinski definition) is 2. The van der Waals surface area contributed by atoms with Crippen molar-refractivity contribution in [1.82, 2.24) is 10.6 Å². The van der Waals surface area contributed by atoms with Gasteiger partial charge in [-0.3, -0.25) is 4.79 Å². The average molecular weight is 351 g/mol. The first-order chi connectivity index (χ1) is 7.66. The lowest BCUT2D eigenvalue weighted by Crippen LogP contribution is -2.36. The molecule has 1 fully saturated rings. The number of carbonyl (C=O) groups excluding carboxylic acids is 1. The lowest BCUT2D eigenvalue weighted by molar-refractivity contribution is 0.0940. The second-order valence-corrected chi connectivity index (χ2v) is 5.36. The van der Waals surface area contributed by atoms with E-state index in [2.05, 4.69) is 33.2 Å². The highest BCUT2D eigenvalue weighted by molar-refractivity contribution is 14.1. The number of nitrogens with one attached hydrogen (secondary N) is 2. The molecule has 5 heteroatoms. The highest BCUT2D eigenvalue weighted by Crippen LogP contribution is 2.19. The number of amides is 1. The minimum Gasteiger partial charge on any atom is -0.348 e. The van der Waals surface area contributed by atoms with E-state index in [-0.39, 0.29) is 11.9 Å². The van der Waals surface area contributed by atoms with E-state index in [9.17, 15) is 4.79 Å². The van der Waals surface area contributed by atoms with E-state index in [0.29, 0.717) is 10.6 Å². The summed E-state index contributed by atoms with van der Waals surface area (Å²) >= 11 is 8.12. The van der Waals surface area contributed by atoms with Gasteiger partial charge in [0.1, 0.15) is 0 Å². The van der Waals surface area contributed by atoms with Gasteiger partial charge in [-0.2, -0.15) is 0 Å². The Morgan fingerprint density at radius 3 is 3.00 bits per heavy atom. The average Bonchev–Trinajstić information content (AvgIpc) is 2.74. The van der Waals surface area contributed by atoms with E-state index in [1.165, 1.54) is 0 Å². The van der Waals surface area contributed by atoms with Crippen LogP contribution >= 0.6 is 34.2 Å². The van der Waals surface area contributed by atoms with Crippen LogP contribution in [0.2, 0.25) is 5.02 Å².